The van der Waals surface area contributed by atoms with Gasteiger partial charge in [-0.1, -0.05) is 15.8 Å². The molecule has 0 radical (unpaired) electrons. The van der Waals surface area contributed by atoms with E-state index in [1.54, 1.807) is 11.3 Å². The summed E-state index contributed by atoms with van der Waals surface area (Å²) < 4.78 is 0. The average Bonchev–Trinajstić information content (AvgIpc) is 2.78. The minimum absolute atomic E-state index is 0.187. The zero-order valence-electron chi connectivity index (χ0n) is 8.24. The molecule has 6 nitrogen and oxygen atoms in total. The predicted molar refractivity (Wildman–Crippen MR) is 56.2 cm³/mol. The molecular weight excluding hydrogens is 228 g/mol. The van der Waals surface area contributed by atoms with Crippen molar-refractivity contribution in [3.63, 3.8) is 0 Å². The standard InChI is InChI=1S/C9H10N4O2S/c10-8-3-4-9(13(15)12(8)14)11-6-7-2-1-5-16-7/h1-5,10,14-15H,6H2. The summed E-state index contributed by atoms with van der Waals surface area (Å²) in [7, 11) is 0. The average molecular weight is 238 g/mol. The van der Waals surface area contributed by atoms with Crippen LogP contribution in [-0.2, 0) is 6.54 Å². The van der Waals surface area contributed by atoms with Crippen molar-refractivity contribution in [2.24, 2.45) is 4.99 Å². The summed E-state index contributed by atoms with van der Waals surface area (Å²) in [5, 5.41) is 27.8. The summed E-state index contributed by atoms with van der Waals surface area (Å²) in [4.78, 5) is 5.90. The molecule has 16 heavy (non-hydrogen) atoms. The quantitative estimate of drug-likeness (QED) is 0.662. The molecular formula is C9H10N4O2S. The lowest BCUT2D eigenvalue weighted by molar-refractivity contribution is -0.0327. The number of aromatic nitrogens is 2. The fourth-order valence-electron chi connectivity index (χ4n) is 1.16. The van der Waals surface area contributed by atoms with Crippen molar-refractivity contribution in [2.45, 2.75) is 6.54 Å². The first-order valence-electron chi connectivity index (χ1n) is 4.50. The molecule has 0 aliphatic heterocycles. The number of nitrogens with one attached hydrogen (secondary N) is 1. The van der Waals surface area contributed by atoms with Gasteiger partial charge in [0.05, 0.1) is 6.54 Å². The Kier molecular flexibility index (Phi) is 2.78. The van der Waals surface area contributed by atoms with Gasteiger partial charge in [0.1, 0.15) is 0 Å². The molecule has 0 saturated heterocycles. The summed E-state index contributed by atoms with van der Waals surface area (Å²) >= 11 is 1.56. The Balaban J connectivity index is 2.38. The van der Waals surface area contributed by atoms with E-state index in [4.69, 9.17) is 5.41 Å². The highest BCUT2D eigenvalue weighted by Crippen LogP contribution is 2.08. The van der Waals surface area contributed by atoms with Crippen molar-refractivity contribution in [3.8, 4) is 0 Å². The molecule has 0 spiro atoms. The lowest BCUT2D eigenvalue weighted by Crippen LogP contribution is -2.35. The molecule has 3 N–H and O–H groups in total. The van der Waals surface area contributed by atoms with Crippen LogP contribution in [0.3, 0.4) is 0 Å². The monoisotopic (exact) mass is 238 g/mol. The lowest BCUT2D eigenvalue weighted by Gasteiger charge is -2.03. The maximum absolute atomic E-state index is 9.43. The predicted octanol–water partition coefficient (Wildman–Crippen LogP) is 0.406. The van der Waals surface area contributed by atoms with Gasteiger partial charge in [0.15, 0.2) is 11.0 Å². The van der Waals surface area contributed by atoms with Crippen LogP contribution in [0.15, 0.2) is 34.6 Å². The van der Waals surface area contributed by atoms with Crippen LogP contribution in [0.25, 0.3) is 0 Å². The summed E-state index contributed by atoms with van der Waals surface area (Å²) in [5.74, 6) is 0. The van der Waals surface area contributed by atoms with Gasteiger partial charge in [-0.15, -0.1) is 11.3 Å². The normalized spacial score (nSPS) is 11.9. The Bertz CT molecular complexity index is 597. The summed E-state index contributed by atoms with van der Waals surface area (Å²) in [6, 6.07) is 6.66. The highest BCUT2D eigenvalue weighted by atomic mass is 32.1. The first kappa shape index (κ1) is 10.5. The SMILES string of the molecule is N=c1ccc(=NCc2cccs2)n(O)n1O. The molecule has 0 aliphatic carbocycles. The highest BCUT2D eigenvalue weighted by Gasteiger charge is 1.97. The van der Waals surface area contributed by atoms with Gasteiger partial charge in [-0.25, -0.2) is 0 Å². The molecule has 0 aliphatic rings. The van der Waals surface area contributed by atoms with Gasteiger partial charge in [0.2, 0.25) is 0 Å². The molecule has 0 aromatic carbocycles. The molecule has 0 fully saturated rings. The molecule has 84 valence electrons. The van der Waals surface area contributed by atoms with E-state index in [2.05, 4.69) is 4.99 Å². The van der Waals surface area contributed by atoms with Gasteiger partial charge >= 0.3 is 0 Å². The Labute approximate surface area is 94.4 Å². The molecule has 2 heterocycles. The van der Waals surface area contributed by atoms with Crippen molar-refractivity contribution in [1.29, 1.82) is 5.41 Å². The van der Waals surface area contributed by atoms with Gasteiger partial charge in [0, 0.05) is 4.88 Å². The van der Waals surface area contributed by atoms with Crippen molar-refractivity contribution in [1.82, 2.24) is 9.69 Å². The van der Waals surface area contributed by atoms with Crippen LogP contribution in [0.2, 0.25) is 0 Å². The van der Waals surface area contributed by atoms with Gasteiger partial charge in [-0.3, -0.25) is 10.4 Å². The first-order valence-corrected chi connectivity index (χ1v) is 5.38. The van der Waals surface area contributed by atoms with E-state index in [-0.39, 0.29) is 11.0 Å². The molecule has 2 aromatic heterocycles. The van der Waals surface area contributed by atoms with Crippen molar-refractivity contribution < 1.29 is 10.4 Å². The van der Waals surface area contributed by atoms with Gasteiger partial charge in [-0.05, 0) is 23.6 Å². The number of hydrogen-bond acceptors (Lipinski definition) is 5. The van der Waals surface area contributed by atoms with E-state index in [1.807, 2.05) is 17.5 Å². The topological polar surface area (TPSA) is 86.5 Å². The van der Waals surface area contributed by atoms with Gasteiger partial charge < -0.3 is 10.4 Å². The van der Waals surface area contributed by atoms with E-state index in [9.17, 15) is 10.4 Å². The molecule has 0 bridgehead atoms. The fraction of sp³-hybridized carbons (Fsp3) is 0.111. The van der Waals surface area contributed by atoms with Crippen LogP contribution in [0.1, 0.15) is 4.88 Å². The number of hydrogen-bond donors (Lipinski definition) is 3. The third-order valence-corrected chi connectivity index (χ3v) is 2.83. The zero-order chi connectivity index (χ0) is 11.5. The molecule has 0 unspecified atom stereocenters. The van der Waals surface area contributed by atoms with Crippen LogP contribution in [0, 0.1) is 5.41 Å². The molecule has 2 rings (SSSR count). The summed E-state index contributed by atoms with van der Waals surface area (Å²) in [6.07, 6.45) is 0. The fourth-order valence-corrected chi connectivity index (χ4v) is 1.79. The Morgan fingerprint density at radius 3 is 2.75 bits per heavy atom. The van der Waals surface area contributed by atoms with E-state index in [0.717, 1.165) is 4.88 Å². The van der Waals surface area contributed by atoms with Crippen molar-refractivity contribution in [2.75, 3.05) is 0 Å². The maximum atomic E-state index is 9.43. The number of rotatable bonds is 2. The molecule has 2 aromatic rings. The largest absolute Gasteiger partial charge is 0.409 e. The van der Waals surface area contributed by atoms with E-state index >= 15 is 0 Å². The van der Waals surface area contributed by atoms with E-state index in [0.29, 0.717) is 16.2 Å². The Morgan fingerprint density at radius 2 is 2.06 bits per heavy atom. The maximum Gasteiger partial charge on any atom is 0.187 e. The second kappa shape index (κ2) is 4.23. The Hall–Kier alpha value is -2.02. The number of thiophene rings is 1. The van der Waals surface area contributed by atoms with Crippen LogP contribution in [0.4, 0.5) is 0 Å². The van der Waals surface area contributed by atoms with Crippen LogP contribution in [-0.4, -0.2) is 20.1 Å². The number of nitrogens with zero attached hydrogens (tertiary/aromatic N) is 3. The lowest BCUT2D eigenvalue weighted by atomic mass is 10.5. The third kappa shape index (κ3) is 1.98. The minimum atomic E-state index is -0.224. The van der Waals surface area contributed by atoms with Crippen LogP contribution < -0.4 is 11.0 Å². The van der Waals surface area contributed by atoms with Crippen molar-refractivity contribution in [3.05, 3.63) is 45.5 Å². The smallest absolute Gasteiger partial charge is 0.187 e. The minimum Gasteiger partial charge on any atom is -0.409 e. The van der Waals surface area contributed by atoms with E-state index < -0.39 is 0 Å². The molecule has 7 heteroatoms. The van der Waals surface area contributed by atoms with Crippen molar-refractivity contribution >= 4 is 11.3 Å². The second-order valence-electron chi connectivity index (χ2n) is 3.05. The van der Waals surface area contributed by atoms with Crippen LogP contribution >= 0.6 is 11.3 Å². The third-order valence-electron chi connectivity index (χ3n) is 1.97. The Morgan fingerprint density at radius 1 is 1.25 bits per heavy atom. The molecule has 0 amide bonds. The summed E-state index contributed by atoms with van der Waals surface area (Å²) in [6.45, 7) is 0.426. The second-order valence-corrected chi connectivity index (χ2v) is 4.08. The molecule has 0 atom stereocenters. The van der Waals surface area contributed by atoms with E-state index in [1.165, 1.54) is 12.1 Å². The van der Waals surface area contributed by atoms with Gasteiger partial charge in [0.25, 0.3) is 0 Å². The van der Waals surface area contributed by atoms with Crippen LogP contribution in [0.5, 0.6) is 0 Å². The summed E-state index contributed by atoms with van der Waals surface area (Å²) in [5.41, 5.74) is -0.0375. The van der Waals surface area contributed by atoms with Gasteiger partial charge in [-0.2, -0.15) is 0 Å². The highest BCUT2D eigenvalue weighted by molar-refractivity contribution is 7.09. The zero-order valence-corrected chi connectivity index (χ0v) is 9.05. The first-order chi connectivity index (χ1) is 7.68. The molecule has 0 saturated carbocycles.